The number of aromatic nitrogens is 3. The Kier molecular flexibility index (Phi) is 4.55. The first-order chi connectivity index (χ1) is 13.0. The van der Waals surface area contributed by atoms with Crippen molar-refractivity contribution in [2.75, 3.05) is 0 Å². The lowest BCUT2D eigenvalue weighted by atomic mass is 10.1. The molecule has 0 atom stereocenters. The predicted octanol–water partition coefficient (Wildman–Crippen LogP) is 2.44. The zero-order valence-electron chi connectivity index (χ0n) is 13.7. The summed E-state index contributed by atoms with van der Waals surface area (Å²) in [5.41, 5.74) is 0.664. The molecule has 4 rings (SSSR count). The van der Waals surface area contributed by atoms with Crippen molar-refractivity contribution in [2.45, 2.75) is 6.42 Å². The van der Waals surface area contributed by atoms with Gasteiger partial charge in [-0.3, -0.25) is 9.59 Å². The van der Waals surface area contributed by atoms with Crippen molar-refractivity contribution in [3.63, 3.8) is 0 Å². The Balaban J connectivity index is 1.80. The van der Waals surface area contributed by atoms with E-state index in [1.54, 1.807) is 42.5 Å². The van der Waals surface area contributed by atoms with Gasteiger partial charge in [-0.1, -0.05) is 47.2 Å². The Morgan fingerprint density at radius 1 is 1.15 bits per heavy atom. The third kappa shape index (κ3) is 3.65. The number of fused-ring (bicyclic) bond motifs is 1. The fourth-order valence-corrected chi connectivity index (χ4v) is 3.63. The normalized spacial score (nSPS) is 12.0. The van der Waals surface area contributed by atoms with Gasteiger partial charge in [0.05, 0.1) is 4.53 Å². The summed E-state index contributed by atoms with van der Waals surface area (Å²) in [6, 6.07) is 12.9. The lowest BCUT2D eigenvalue weighted by Crippen LogP contribution is -2.28. The van der Waals surface area contributed by atoms with E-state index in [4.69, 9.17) is 11.6 Å². The van der Waals surface area contributed by atoms with Crippen molar-refractivity contribution < 1.29 is 4.39 Å². The maximum absolute atomic E-state index is 13.3. The van der Waals surface area contributed by atoms with E-state index in [1.165, 1.54) is 12.1 Å². The number of rotatable bonds is 3. The molecule has 0 aliphatic heterocycles. The first-order valence-corrected chi connectivity index (χ1v) is 9.13. The van der Waals surface area contributed by atoms with Crippen LogP contribution in [0.5, 0.6) is 0 Å². The topological polar surface area (TPSA) is 64.3 Å². The van der Waals surface area contributed by atoms with Crippen molar-refractivity contribution in [3.8, 4) is 0 Å². The van der Waals surface area contributed by atoms with Crippen LogP contribution >= 0.6 is 22.9 Å². The van der Waals surface area contributed by atoms with Crippen molar-refractivity contribution in [1.82, 2.24) is 14.6 Å². The second-order valence-electron chi connectivity index (χ2n) is 5.83. The Morgan fingerprint density at radius 3 is 2.67 bits per heavy atom. The molecule has 0 fully saturated rings. The monoisotopic (exact) mass is 399 g/mol. The summed E-state index contributed by atoms with van der Waals surface area (Å²) in [5.74, 6) is -0.395. The quantitative estimate of drug-likeness (QED) is 0.531. The van der Waals surface area contributed by atoms with Crippen molar-refractivity contribution in [2.24, 2.45) is 0 Å². The maximum atomic E-state index is 13.3. The Labute approximate surface area is 161 Å². The smallest absolute Gasteiger partial charge is 0.266 e. The summed E-state index contributed by atoms with van der Waals surface area (Å²) in [7, 11) is 0. The van der Waals surface area contributed by atoms with Gasteiger partial charge in [0.2, 0.25) is 4.96 Å². The van der Waals surface area contributed by atoms with Crippen LogP contribution in [-0.2, 0) is 6.42 Å². The van der Waals surface area contributed by atoms with Crippen LogP contribution in [0.4, 0.5) is 4.39 Å². The highest BCUT2D eigenvalue weighted by Gasteiger charge is 2.11. The lowest BCUT2D eigenvalue weighted by molar-refractivity contribution is 0.627. The van der Waals surface area contributed by atoms with Crippen LogP contribution in [0.2, 0.25) is 5.02 Å². The van der Waals surface area contributed by atoms with Crippen LogP contribution in [0, 0.1) is 5.82 Å². The molecule has 5 nitrogen and oxygen atoms in total. The average molecular weight is 400 g/mol. The molecule has 0 radical (unpaired) electrons. The van der Waals surface area contributed by atoms with E-state index in [1.807, 2.05) is 0 Å². The molecule has 27 heavy (non-hydrogen) atoms. The molecule has 0 unspecified atom stereocenters. The van der Waals surface area contributed by atoms with Crippen LogP contribution in [0.1, 0.15) is 16.8 Å². The highest BCUT2D eigenvalue weighted by Crippen LogP contribution is 2.11. The van der Waals surface area contributed by atoms with Gasteiger partial charge in [0.25, 0.3) is 11.1 Å². The SMILES string of the molecule is O=c1nc2s/c(=C/c3cccc(F)c3)c(=O)n2nc1Cc1ccc(Cl)cc1. The Hall–Kier alpha value is -2.90. The van der Waals surface area contributed by atoms with Crippen LogP contribution < -0.4 is 15.7 Å². The number of nitrogens with zero attached hydrogens (tertiary/aromatic N) is 3. The molecule has 8 heteroatoms. The molecule has 2 aromatic heterocycles. The molecule has 0 amide bonds. The maximum Gasteiger partial charge on any atom is 0.296 e. The van der Waals surface area contributed by atoms with Crippen molar-refractivity contribution in [3.05, 3.63) is 101 Å². The van der Waals surface area contributed by atoms with Gasteiger partial charge >= 0.3 is 0 Å². The largest absolute Gasteiger partial charge is 0.296 e. The fraction of sp³-hybridized carbons (Fsp3) is 0.0526. The lowest BCUT2D eigenvalue weighted by Gasteiger charge is -2.00. The molecule has 0 bridgehead atoms. The second kappa shape index (κ2) is 7.02. The van der Waals surface area contributed by atoms with E-state index in [0.29, 0.717) is 15.1 Å². The van der Waals surface area contributed by atoms with E-state index < -0.39 is 16.9 Å². The molecule has 134 valence electrons. The summed E-state index contributed by atoms with van der Waals surface area (Å²) < 4.78 is 14.8. The highest BCUT2D eigenvalue weighted by molar-refractivity contribution is 7.15. The number of halogens is 2. The average Bonchev–Trinajstić information content (AvgIpc) is 2.92. The Morgan fingerprint density at radius 2 is 1.93 bits per heavy atom. The summed E-state index contributed by atoms with van der Waals surface area (Å²) in [6.45, 7) is 0. The standard InChI is InChI=1S/C19H11ClFN3O2S/c20-13-6-4-11(5-7-13)9-15-17(25)22-19-24(23-15)18(26)16(27-19)10-12-2-1-3-14(21)8-12/h1-8,10H,9H2/b16-10+. The number of hydrogen-bond acceptors (Lipinski definition) is 5. The Bertz CT molecular complexity index is 1320. The third-order valence-corrected chi connectivity index (χ3v) is 5.09. The summed E-state index contributed by atoms with van der Waals surface area (Å²) in [4.78, 5) is 29.0. The molecule has 0 N–H and O–H groups in total. The molecule has 2 heterocycles. The third-order valence-electron chi connectivity index (χ3n) is 3.88. The summed E-state index contributed by atoms with van der Waals surface area (Å²) >= 11 is 6.90. The molecule has 0 saturated carbocycles. The number of thiazole rings is 1. The van der Waals surface area contributed by atoms with E-state index >= 15 is 0 Å². The van der Waals surface area contributed by atoms with E-state index in [0.717, 1.165) is 21.4 Å². The van der Waals surface area contributed by atoms with Crippen molar-refractivity contribution in [1.29, 1.82) is 0 Å². The first-order valence-electron chi connectivity index (χ1n) is 7.94. The van der Waals surface area contributed by atoms with Gasteiger partial charge < -0.3 is 0 Å². The van der Waals surface area contributed by atoms with E-state index in [2.05, 4.69) is 10.1 Å². The fourth-order valence-electron chi connectivity index (χ4n) is 2.60. The van der Waals surface area contributed by atoms with Gasteiger partial charge in [-0.2, -0.15) is 14.6 Å². The molecule has 2 aromatic carbocycles. The molecule has 4 aromatic rings. The highest BCUT2D eigenvalue weighted by atomic mass is 35.5. The predicted molar refractivity (Wildman–Crippen MR) is 103 cm³/mol. The summed E-state index contributed by atoms with van der Waals surface area (Å²) in [6.07, 6.45) is 1.79. The van der Waals surface area contributed by atoms with Gasteiger partial charge in [-0.25, -0.2) is 4.39 Å². The zero-order chi connectivity index (χ0) is 19.0. The number of hydrogen-bond donors (Lipinski definition) is 0. The second-order valence-corrected chi connectivity index (χ2v) is 7.28. The van der Waals surface area contributed by atoms with Crippen LogP contribution in [-0.4, -0.2) is 14.6 Å². The van der Waals surface area contributed by atoms with Gasteiger partial charge in [-0.05, 0) is 41.5 Å². The van der Waals surface area contributed by atoms with E-state index in [-0.39, 0.29) is 17.1 Å². The molecule has 0 saturated heterocycles. The number of benzene rings is 2. The minimum atomic E-state index is -0.483. The minimum Gasteiger partial charge on any atom is -0.266 e. The van der Waals surface area contributed by atoms with E-state index in [9.17, 15) is 14.0 Å². The van der Waals surface area contributed by atoms with Gasteiger partial charge in [0.1, 0.15) is 11.5 Å². The van der Waals surface area contributed by atoms with Gasteiger partial charge in [0, 0.05) is 11.4 Å². The molecular weight excluding hydrogens is 389 g/mol. The van der Waals surface area contributed by atoms with Gasteiger partial charge in [0.15, 0.2) is 0 Å². The molecule has 0 aliphatic carbocycles. The zero-order valence-corrected chi connectivity index (χ0v) is 15.3. The van der Waals surface area contributed by atoms with Crippen LogP contribution in [0.15, 0.2) is 58.1 Å². The van der Waals surface area contributed by atoms with Crippen LogP contribution in [0.25, 0.3) is 11.0 Å². The van der Waals surface area contributed by atoms with Gasteiger partial charge in [-0.15, -0.1) is 0 Å². The molecule has 0 aliphatic rings. The molecular formula is C19H11ClFN3O2S. The minimum absolute atomic E-state index is 0.169. The first kappa shape index (κ1) is 17.5. The van der Waals surface area contributed by atoms with Crippen LogP contribution in [0.3, 0.4) is 0 Å². The van der Waals surface area contributed by atoms with Crippen molar-refractivity contribution >= 4 is 34.0 Å². The molecule has 0 spiro atoms. The summed E-state index contributed by atoms with van der Waals surface area (Å²) in [5, 5.41) is 4.78.